The van der Waals surface area contributed by atoms with Crippen LogP contribution in [0.15, 0.2) is 28.7 Å². The Labute approximate surface area is 165 Å². The molecule has 2 aromatic rings. The van der Waals surface area contributed by atoms with E-state index in [1.54, 1.807) is 31.2 Å². The maximum Gasteiger partial charge on any atom is 0.335 e. The van der Waals surface area contributed by atoms with Crippen molar-refractivity contribution in [2.45, 2.75) is 32.4 Å². The molecule has 1 saturated carbocycles. The number of rotatable bonds is 7. The predicted octanol–water partition coefficient (Wildman–Crippen LogP) is 2.12. The summed E-state index contributed by atoms with van der Waals surface area (Å²) >= 11 is 5.89. The Morgan fingerprint density at radius 2 is 1.79 bits per heavy atom. The number of urea groups is 1. The summed E-state index contributed by atoms with van der Waals surface area (Å²) in [6.45, 7) is 2.12. The third-order valence-corrected chi connectivity index (χ3v) is 4.99. The molecule has 0 spiro atoms. The standard InChI is InChI=1S/C18H18ClN5O4/c1-2-23-16(25)17(26)24(18(23)27)10-22(13-7-8-13)9-14-20-21-15(28-14)11-3-5-12(19)6-4-11/h3-6,13H,2,7-10H2,1H3. The second-order valence-corrected chi connectivity index (χ2v) is 7.13. The van der Waals surface area contributed by atoms with Crippen molar-refractivity contribution in [3.05, 3.63) is 35.2 Å². The quantitative estimate of drug-likeness (QED) is 0.515. The molecule has 4 amide bonds. The van der Waals surface area contributed by atoms with E-state index >= 15 is 0 Å². The van der Waals surface area contributed by atoms with Crippen molar-refractivity contribution in [1.82, 2.24) is 24.9 Å². The Morgan fingerprint density at radius 1 is 1.11 bits per heavy atom. The van der Waals surface area contributed by atoms with Gasteiger partial charge in [0.05, 0.1) is 13.2 Å². The lowest BCUT2D eigenvalue weighted by Gasteiger charge is -2.24. The average molecular weight is 404 g/mol. The number of imide groups is 2. The van der Waals surface area contributed by atoms with Crippen LogP contribution in [0.3, 0.4) is 0 Å². The first kappa shape index (κ1) is 18.6. The van der Waals surface area contributed by atoms with Gasteiger partial charge in [-0.05, 0) is 44.0 Å². The fourth-order valence-electron chi connectivity index (χ4n) is 3.07. The third kappa shape index (κ3) is 3.50. The number of aromatic nitrogens is 2. The smallest absolute Gasteiger partial charge is 0.335 e. The summed E-state index contributed by atoms with van der Waals surface area (Å²) in [7, 11) is 0. The van der Waals surface area contributed by atoms with E-state index in [1.165, 1.54) is 0 Å². The van der Waals surface area contributed by atoms with Crippen LogP contribution in [0.5, 0.6) is 0 Å². The lowest BCUT2D eigenvalue weighted by atomic mass is 10.2. The van der Waals surface area contributed by atoms with Gasteiger partial charge in [0.2, 0.25) is 11.8 Å². The largest absolute Gasteiger partial charge is 0.419 e. The van der Waals surface area contributed by atoms with Crippen LogP contribution in [0, 0.1) is 0 Å². The number of nitrogens with zero attached hydrogens (tertiary/aromatic N) is 5. The fraction of sp³-hybridized carbons (Fsp3) is 0.389. The maximum atomic E-state index is 12.3. The van der Waals surface area contributed by atoms with Gasteiger partial charge in [0, 0.05) is 23.2 Å². The number of benzene rings is 1. The molecule has 1 aliphatic carbocycles. The summed E-state index contributed by atoms with van der Waals surface area (Å²) in [6, 6.07) is 6.65. The van der Waals surface area contributed by atoms with Crippen LogP contribution in [-0.4, -0.2) is 62.0 Å². The highest BCUT2D eigenvalue weighted by Gasteiger charge is 2.45. The molecular weight excluding hydrogens is 386 g/mol. The molecular formula is C18H18ClN5O4. The summed E-state index contributed by atoms with van der Waals surface area (Å²) < 4.78 is 5.73. The minimum absolute atomic E-state index is 0.0171. The highest BCUT2D eigenvalue weighted by atomic mass is 35.5. The van der Waals surface area contributed by atoms with Crippen molar-refractivity contribution in [3.63, 3.8) is 0 Å². The highest BCUT2D eigenvalue weighted by molar-refractivity contribution is 6.44. The zero-order valence-electron chi connectivity index (χ0n) is 15.2. The van der Waals surface area contributed by atoms with Crippen molar-refractivity contribution in [3.8, 4) is 11.5 Å². The molecule has 2 heterocycles. The Morgan fingerprint density at radius 3 is 2.39 bits per heavy atom. The van der Waals surface area contributed by atoms with Crippen molar-refractivity contribution in [2.75, 3.05) is 13.2 Å². The van der Waals surface area contributed by atoms with E-state index in [0.29, 0.717) is 16.8 Å². The van der Waals surface area contributed by atoms with Gasteiger partial charge >= 0.3 is 17.8 Å². The summed E-state index contributed by atoms with van der Waals surface area (Å²) in [5, 5.41) is 8.73. The van der Waals surface area contributed by atoms with E-state index in [0.717, 1.165) is 28.2 Å². The number of likely N-dealkylation sites (N-methyl/N-ethyl adjacent to an activating group) is 1. The number of carbonyl (C=O) groups excluding carboxylic acids is 3. The number of hydrogen-bond donors (Lipinski definition) is 0. The molecule has 146 valence electrons. The van der Waals surface area contributed by atoms with Gasteiger partial charge in [0.25, 0.3) is 0 Å². The lowest BCUT2D eigenvalue weighted by Crippen LogP contribution is -2.43. The van der Waals surface area contributed by atoms with Crippen LogP contribution in [0.1, 0.15) is 25.7 Å². The molecule has 0 atom stereocenters. The summed E-state index contributed by atoms with van der Waals surface area (Å²) in [4.78, 5) is 40.2. The van der Waals surface area contributed by atoms with Crippen LogP contribution in [0.25, 0.3) is 11.5 Å². The fourth-order valence-corrected chi connectivity index (χ4v) is 3.20. The molecule has 2 fully saturated rings. The van der Waals surface area contributed by atoms with Gasteiger partial charge in [0.15, 0.2) is 0 Å². The van der Waals surface area contributed by atoms with E-state index in [4.69, 9.17) is 16.0 Å². The van der Waals surface area contributed by atoms with Crippen molar-refractivity contribution in [1.29, 1.82) is 0 Å². The molecule has 28 heavy (non-hydrogen) atoms. The van der Waals surface area contributed by atoms with E-state index in [9.17, 15) is 14.4 Å². The van der Waals surface area contributed by atoms with Crippen molar-refractivity contribution in [2.24, 2.45) is 0 Å². The summed E-state index contributed by atoms with van der Waals surface area (Å²) in [5.41, 5.74) is 0.746. The van der Waals surface area contributed by atoms with Crippen molar-refractivity contribution < 1.29 is 18.8 Å². The Hall–Kier alpha value is -2.78. The predicted molar refractivity (Wildman–Crippen MR) is 97.8 cm³/mol. The van der Waals surface area contributed by atoms with E-state index in [-0.39, 0.29) is 25.8 Å². The van der Waals surface area contributed by atoms with Gasteiger partial charge < -0.3 is 4.42 Å². The van der Waals surface area contributed by atoms with Gasteiger partial charge in [-0.2, -0.15) is 0 Å². The molecule has 0 bridgehead atoms. The minimum atomic E-state index is -0.801. The average Bonchev–Trinajstić information content (AvgIpc) is 3.40. The Bertz CT molecular complexity index is 924. The SMILES string of the molecule is CCN1C(=O)C(=O)N(CN(Cc2nnc(-c3ccc(Cl)cc3)o2)C2CC2)C1=O. The van der Waals surface area contributed by atoms with E-state index in [1.807, 2.05) is 4.90 Å². The number of halogens is 1. The van der Waals surface area contributed by atoms with Gasteiger partial charge in [0.1, 0.15) is 0 Å². The second-order valence-electron chi connectivity index (χ2n) is 6.69. The van der Waals surface area contributed by atoms with Crippen LogP contribution < -0.4 is 0 Å². The van der Waals surface area contributed by atoms with E-state index < -0.39 is 17.8 Å². The molecule has 10 heteroatoms. The monoisotopic (exact) mass is 403 g/mol. The molecule has 2 aliphatic rings. The summed E-state index contributed by atoms with van der Waals surface area (Å²) in [5.74, 6) is -0.853. The Balaban J connectivity index is 1.48. The van der Waals surface area contributed by atoms with Gasteiger partial charge in [-0.15, -0.1) is 10.2 Å². The topological polar surface area (TPSA) is 99.9 Å². The third-order valence-electron chi connectivity index (χ3n) is 4.73. The maximum absolute atomic E-state index is 12.3. The molecule has 1 aliphatic heterocycles. The van der Waals surface area contributed by atoms with Gasteiger partial charge in [-0.25, -0.2) is 9.69 Å². The zero-order chi connectivity index (χ0) is 19.8. The summed E-state index contributed by atoms with van der Waals surface area (Å²) in [6.07, 6.45) is 1.89. The first-order valence-electron chi connectivity index (χ1n) is 8.97. The van der Waals surface area contributed by atoms with Gasteiger partial charge in [-0.3, -0.25) is 19.4 Å². The van der Waals surface area contributed by atoms with Gasteiger partial charge in [-0.1, -0.05) is 11.6 Å². The van der Waals surface area contributed by atoms with Crippen LogP contribution in [0.4, 0.5) is 4.79 Å². The normalized spacial score (nSPS) is 17.3. The van der Waals surface area contributed by atoms with Crippen LogP contribution >= 0.6 is 11.6 Å². The molecule has 1 saturated heterocycles. The zero-order valence-corrected chi connectivity index (χ0v) is 15.9. The highest BCUT2D eigenvalue weighted by Crippen LogP contribution is 2.30. The number of carbonyl (C=O) groups is 3. The number of hydrogen-bond acceptors (Lipinski definition) is 7. The minimum Gasteiger partial charge on any atom is -0.419 e. The molecule has 1 aromatic carbocycles. The number of amides is 4. The van der Waals surface area contributed by atoms with Crippen molar-refractivity contribution >= 4 is 29.4 Å². The molecule has 0 N–H and O–H groups in total. The molecule has 4 rings (SSSR count). The van der Waals surface area contributed by atoms with Crippen LogP contribution in [0.2, 0.25) is 5.02 Å². The second kappa shape index (κ2) is 7.33. The molecule has 9 nitrogen and oxygen atoms in total. The van der Waals surface area contributed by atoms with E-state index in [2.05, 4.69) is 10.2 Å². The van der Waals surface area contributed by atoms with Crippen LogP contribution in [-0.2, 0) is 16.1 Å². The Kier molecular flexibility index (Phi) is 4.86. The first-order chi connectivity index (χ1) is 13.5. The molecule has 1 aromatic heterocycles. The molecule has 0 unspecified atom stereocenters. The molecule has 0 radical (unpaired) electrons. The first-order valence-corrected chi connectivity index (χ1v) is 9.35. The lowest BCUT2D eigenvalue weighted by molar-refractivity contribution is -0.144.